The predicted octanol–water partition coefficient (Wildman–Crippen LogP) is 1.07. The highest BCUT2D eigenvalue weighted by Gasteiger charge is 2.07. The molecule has 0 unspecified atom stereocenters. The van der Waals surface area contributed by atoms with Crippen LogP contribution in [0.2, 0.25) is 5.02 Å². The van der Waals surface area contributed by atoms with Crippen LogP contribution in [0.4, 0.5) is 0 Å². The van der Waals surface area contributed by atoms with Gasteiger partial charge in [-0.05, 0) is 0 Å². The molecule has 0 saturated carbocycles. The minimum Gasteiger partial charge on any atom is -0.506 e. The number of carboxylic acid groups (broad SMARTS) is 1. The maximum Gasteiger partial charge on any atom is 0.309 e. The van der Waals surface area contributed by atoms with Crippen LogP contribution in [0.5, 0.6) is 5.75 Å². The SMILES string of the molecule is O=C(O)Cc1ncc(Cl)cc1O. The number of halogens is 1. The summed E-state index contributed by atoms with van der Waals surface area (Å²) in [6.07, 6.45) is 0.989. The van der Waals surface area contributed by atoms with Crippen LogP contribution in [0, 0.1) is 0 Å². The molecule has 0 aliphatic rings. The Morgan fingerprint density at radius 2 is 2.33 bits per heavy atom. The van der Waals surface area contributed by atoms with Gasteiger partial charge in [-0.15, -0.1) is 0 Å². The zero-order valence-corrected chi connectivity index (χ0v) is 6.75. The van der Waals surface area contributed by atoms with Gasteiger partial charge < -0.3 is 10.2 Å². The van der Waals surface area contributed by atoms with Crippen molar-refractivity contribution in [1.29, 1.82) is 0 Å². The first-order chi connectivity index (χ1) is 5.59. The van der Waals surface area contributed by atoms with E-state index in [1.807, 2.05) is 0 Å². The van der Waals surface area contributed by atoms with Crippen LogP contribution < -0.4 is 0 Å². The quantitative estimate of drug-likeness (QED) is 0.727. The van der Waals surface area contributed by atoms with Gasteiger partial charge in [0.2, 0.25) is 0 Å². The summed E-state index contributed by atoms with van der Waals surface area (Å²) in [6.45, 7) is 0. The fraction of sp³-hybridized carbons (Fsp3) is 0.143. The number of hydrogen-bond acceptors (Lipinski definition) is 3. The van der Waals surface area contributed by atoms with Crippen molar-refractivity contribution in [3.05, 3.63) is 23.0 Å². The summed E-state index contributed by atoms with van der Waals surface area (Å²) >= 11 is 5.48. The monoisotopic (exact) mass is 187 g/mol. The van der Waals surface area contributed by atoms with Gasteiger partial charge in [-0.3, -0.25) is 9.78 Å². The maximum absolute atomic E-state index is 10.2. The first kappa shape index (κ1) is 8.80. The molecule has 0 fully saturated rings. The van der Waals surface area contributed by atoms with Gasteiger partial charge in [-0.2, -0.15) is 0 Å². The maximum atomic E-state index is 10.2. The predicted molar refractivity (Wildman–Crippen MR) is 42.3 cm³/mol. The molecule has 2 N–H and O–H groups in total. The molecule has 1 aromatic rings. The molecule has 64 valence electrons. The Labute approximate surface area is 73.4 Å². The Morgan fingerprint density at radius 3 is 2.83 bits per heavy atom. The zero-order valence-electron chi connectivity index (χ0n) is 5.99. The van der Waals surface area contributed by atoms with E-state index < -0.39 is 5.97 Å². The van der Waals surface area contributed by atoms with Gasteiger partial charge >= 0.3 is 5.97 Å². The summed E-state index contributed by atoms with van der Waals surface area (Å²) in [5.41, 5.74) is 0.118. The molecule has 0 aliphatic heterocycles. The van der Waals surface area contributed by atoms with Crippen LogP contribution in [0.25, 0.3) is 0 Å². The smallest absolute Gasteiger partial charge is 0.309 e. The van der Waals surface area contributed by atoms with Gasteiger partial charge in [0.05, 0.1) is 17.1 Å². The first-order valence-corrected chi connectivity index (χ1v) is 3.52. The van der Waals surface area contributed by atoms with E-state index in [0.717, 1.165) is 0 Å². The van der Waals surface area contributed by atoms with Crippen molar-refractivity contribution in [2.24, 2.45) is 0 Å². The largest absolute Gasteiger partial charge is 0.506 e. The van der Waals surface area contributed by atoms with E-state index in [2.05, 4.69) is 4.98 Å². The van der Waals surface area contributed by atoms with Gasteiger partial charge in [0.25, 0.3) is 0 Å². The molecular weight excluding hydrogens is 182 g/mol. The Kier molecular flexibility index (Phi) is 2.50. The van der Waals surface area contributed by atoms with E-state index in [4.69, 9.17) is 21.8 Å². The topological polar surface area (TPSA) is 70.4 Å². The Morgan fingerprint density at radius 1 is 1.67 bits per heavy atom. The second kappa shape index (κ2) is 3.40. The highest BCUT2D eigenvalue weighted by atomic mass is 35.5. The first-order valence-electron chi connectivity index (χ1n) is 3.15. The molecule has 0 saturated heterocycles. The van der Waals surface area contributed by atoms with E-state index >= 15 is 0 Å². The van der Waals surface area contributed by atoms with E-state index in [0.29, 0.717) is 0 Å². The number of rotatable bonds is 2. The molecular formula is C7H6ClNO3. The van der Waals surface area contributed by atoms with Gasteiger partial charge in [0.1, 0.15) is 5.75 Å². The molecule has 1 aromatic heterocycles. The average molecular weight is 188 g/mol. The summed E-state index contributed by atoms with van der Waals surface area (Å²) in [4.78, 5) is 13.9. The molecule has 0 atom stereocenters. The molecule has 4 nitrogen and oxygen atoms in total. The zero-order chi connectivity index (χ0) is 9.14. The third kappa shape index (κ3) is 2.10. The number of aromatic nitrogens is 1. The minimum atomic E-state index is -1.04. The van der Waals surface area contributed by atoms with Crippen molar-refractivity contribution in [2.45, 2.75) is 6.42 Å². The van der Waals surface area contributed by atoms with Gasteiger partial charge in [-0.25, -0.2) is 0 Å². The summed E-state index contributed by atoms with van der Waals surface area (Å²) < 4.78 is 0. The second-order valence-corrected chi connectivity index (χ2v) is 2.63. The lowest BCUT2D eigenvalue weighted by atomic mass is 10.2. The molecule has 0 aliphatic carbocycles. The standard InChI is InChI=1S/C7H6ClNO3/c8-4-1-6(10)5(9-3-4)2-7(11)12/h1,3,10H,2H2,(H,11,12). The summed E-state index contributed by atoms with van der Waals surface area (Å²) in [5.74, 6) is -1.23. The molecule has 12 heavy (non-hydrogen) atoms. The van der Waals surface area contributed by atoms with Crippen molar-refractivity contribution in [1.82, 2.24) is 4.98 Å². The van der Waals surface area contributed by atoms with Crippen LogP contribution in [0.3, 0.4) is 0 Å². The Balaban J connectivity index is 2.93. The van der Waals surface area contributed by atoms with Crippen LogP contribution in [0.15, 0.2) is 12.3 Å². The molecule has 1 rings (SSSR count). The average Bonchev–Trinajstić information content (AvgIpc) is 1.94. The van der Waals surface area contributed by atoms with Crippen LogP contribution >= 0.6 is 11.6 Å². The third-order valence-corrected chi connectivity index (χ3v) is 1.44. The summed E-state index contributed by atoms with van der Waals surface area (Å²) in [6, 6.07) is 1.26. The van der Waals surface area contributed by atoms with Gasteiger partial charge in [0.15, 0.2) is 0 Å². The van der Waals surface area contributed by atoms with Crippen molar-refractivity contribution < 1.29 is 15.0 Å². The lowest BCUT2D eigenvalue weighted by molar-refractivity contribution is -0.136. The van der Waals surface area contributed by atoms with Gasteiger partial charge in [0, 0.05) is 12.3 Å². The third-order valence-electron chi connectivity index (χ3n) is 1.23. The van der Waals surface area contributed by atoms with Crippen LogP contribution in [-0.4, -0.2) is 21.2 Å². The Hall–Kier alpha value is -1.29. The molecule has 0 bridgehead atoms. The number of pyridine rings is 1. The lowest BCUT2D eigenvalue weighted by Crippen LogP contribution is -2.02. The van der Waals surface area contributed by atoms with E-state index in [1.165, 1.54) is 12.3 Å². The number of carboxylic acids is 1. The fourth-order valence-corrected chi connectivity index (χ4v) is 0.888. The molecule has 1 heterocycles. The number of hydrogen-bond donors (Lipinski definition) is 2. The molecule has 0 aromatic carbocycles. The fourth-order valence-electron chi connectivity index (χ4n) is 0.736. The minimum absolute atomic E-state index is 0.118. The molecule has 0 amide bonds. The lowest BCUT2D eigenvalue weighted by Gasteiger charge is -1.99. The number of nitrogens with zero attached hydrogens (tertiary/aromatic N) is 1. The number of carbonyl (C=O) groups is 1. The highest BCUT2D eigenvalue weighted by Crippen LogP contribution is 2.19. The molecule has 0 spiro atoms. The summed E-state index contributed by atoms with van der Waals surface area (Å²) in [5, 5.41) is 17.8. The van der Waals surface area contributed by atoms with Crippen molar-refractivity contribution in [3.8, 4) is 5.75 Å². The second-order valence-electron chi connectivity index (χ2n) is 2.19. The number of aromatic hydroxyl groups is 1. The van der Waals surface area contributed by atoms with Crippen LogP contribution in [0.1, 0.15) is 5.69 Å². The van der Waals surface area contributed by atoms with Gasteiger partial charge in [-0.1, -0.05) is 11.6 Å². The van der Waals surface area contributed by atoms with Crippen molar-refractivity contribution in [3.63, 3.8) is 0 Å². The van der Waals surface area contributed by atoms with E-state index in [-0.39, 0.29) is 22.9 Å². The molecule has 0 radical (unpaired) electrons. The van der Waals surface area contributed by atoms with Crippen molar-refractivity contribution >= 4 is 17.6 Å². The van der Waals surface area contributed by atoms with E-state index in [1.54, 1.807) is 0 Å². The molecule has 5 heteroatoms. The summed E-state index contributed by atoms with van der Waals surface area (Å²) in [7, 11) is 0. The highest BCUT2D eigenvalue weighted by molar-refractivity contribution is 6.30. The van der Waals surface area contributed by atoms with Crippen LogP contribution in [-0.2, 0) is 11.2 Å². The van der Waals surface area contributed by atoms with E-state index in [9.17, 15) is 4.79 Å². The normalized spacial score (nSPS) is 9.75. The number of aliphatic carboxylic acids is 1. The Bertz CT molecular complexity index is 314. The van der Waals surface area contributed by atoms with Crippen molar-refractivity contribution in [2.75, 3.05) is 0 Å².